The van der Waals surface area contributed by atoms with Crippen LogP contribution in [-0.2, 0) is 19.1 Å². The largest absolute Gasteiger partial charge is 0.416 e. The number of aromatic nitrogens is 1. The molecule has 0 fully saturated rings. The third-order valence-electron chi connectivity index (χ3n) is 4.81. The lowest BCUT2D eigenvalue weighted by molar-refractivity contribution is -0.137. The van der Waals surface area contributed by atoms with E-state index >= 15 is 0 Å². The van der Waals surface area contributed by atoms with E-state index < -0.39 is 11.7 Å². The zero-order valence-corrected chi connectivity index (χ0v) is 14.4. The number of hydrogen-bond acceptors (Lipinski definition) is 3. The van der Waals surface area contributed by atoms with Gasteiger partial charge in [0.05, 0.1) is 28.0 Å². The van der Waals surface area contributed by atoms with Crippen molar-refractivity contribution in [2.75, 3.05) is 5.32 Å². The summed E-state index contributed by atoms with van der Waals surface area (Å²) in [6, 6.07) is 12.6. The van der Waals surface area contributed by atoms with Crippen molar-refractivity contribution < 1.29 is 18.0 Å². The lowest BCUT2D eigenvalue weighted by Crippen LogP contribution is -2.16. The van der Waals surface area contributed by atoms with Gasteiger partial charge in [-0.2, -0.15) is 13.2 Å². The number of pyridine rings is 1. The molecule has 0 unspecified atom stereocenters. The van der Waals surface area contributed by atoms with Crippen LogP contribution in [0.25, 0.3) is 10.9 Å². The van der Waals surface area contributed by atoms with Crippen molar-refractivity contribution in [1.29, 1.82) is 0 Å². The number of hydrogen-bond donors (Lipinski definition) is 1. The van der Waals surface area contributed by atoms with Crippen molar-refractivity contribution in [3.05, 3.63) is 70.9 Å². The molecule has 27 heavy (non-hydrogen) atoms. The van der Waals surface area contributed by atoms with E-state index in [0.717, 1.165) is 47.3 Å². The Kier molecular flexibility index (Phi) is 4.34. The van der Waals surface area contributed by atoms with Gasteiger partial charge in [0.2, 0.25) is 0 Å². The number of nitrogens with zero attached hydrogens (tertiary/aromatic N) is 1. The highest BCUT2D eigenvalue weighted by atomic mass is 19.4. The van der Waals surface area contributed by atoms with Crippen molar-refractivity contribution in [1.82, 2.24) is 4.98 Å². The molecule has 4 rings (SSSR count). The Balaban J connectivity index is 1.69. The maximum Gasteiger partial charge on any atom is 0.416 e. The van der Waals surface area contributed by atoms with Crippen LogP contribution in [0.5, 0.6) is 0 Å². The first-order valence-corrected chi connectivity index (χ1v) is 8.78. The zero-order valence-electron chi connectivity index (χ0n) is 14.4. The lowest BCUT2D eigenvalue weighted by atomic mass is 9.91. The van der Waals surface area contributed by atoms with E-state index in [2.05, 4.69) is 10.3 Å². The second-order valence-corrected chi connectivity index (χ2v) is 6.65. The summed E-state index contributed by atoms with van der Waals surface area (Å²) < 4.78 is 38.1. The topological polar surface area (TPSA) is 42.0 Å². The van der Waals surface area contributed by atoms with E-state index in [1.807, 2.05) is 24.3 Å². The number of rotatable bonds is 3. The smallest absolute Gasteiger partial charge is 0.380 e. The van der Waals surface area contributed by atoms with Crippen LogP contribution in [0, 0.1) is 0 Å². The number of nitrogens with one attached hydrogen (secondary N) is 1. The fourth-order valence-corrected chi connectivity index (χ4v) is 3.47. The van der Waals surface area contributed by atoms with Gasteiger partial charge in [0, 0.05) is 18.4 Å². The maximum absolute atomic E-state index is 12.7. The van der Waals surface area contributed by atoms with Gasteiger partial charge < -0.3 is 5.32 Å². The Bertz CT molecular complexity index is 1010. The van der Waals surface area contributed by atoms with Crippen LogP contribution < -0.4 is 5.32 Å². The van der Waals surface area contributed by atoms with Gasteiger partial charge in [0.1, 0.15) is 0 Å². The molecule has 1 aliphatic carbocycles. The van der Waals surface area contributed by atoms with Crippen molar-refractivity contribution in [2.24, 2.45) is 0 Å². The molecular formula is C21H17F3N2O. The summed E-state index contributed by atoms with van der Waals surface area (Å²) in [5.41, 5.74) is 2.97. The summed E-state index contributed by atoms with van der Waals surface area (Å²) in [6.07, 6.45) is -2.32. The Hall–Kier alpha value is -2.89. The van der Waals surface area contributed by atoms with Crippen molar-refractivity contribution >= 4 is 22.4 Å². The van der Waals surface area contributed by atoms with E-state index in [-0.39, 0.29) is 5.78 Å². The monoisotopic (exact) mass is 370 g/mol. The minimum absolute atomic E-state index is 0.0597. The SMILES string of the molecule is O=C1CCCc2nc3ccccc3c(NCc3ccc(C(F)(F)F)cc3)c21. The standard InChI is InChI=1S/C21H17F3N2O/c22-21(23,24)14-10-8-13(9-11-14)12-25-20-15-4-1-2-5-16(15)26-17-6-3-7-18(27)19(17)20/h1-2,4-5,8-11H,3,6-7,12H2,(H,25,26). The molecule has 0 saturated heterocycles. The molecule has 2 aromatic carbocycles. The number of aryl methyl sites for hydroxylation is 1. The molecule has 1 aliphatic rings. The molecule has 0 aliphatic heterocycles. The summed E-state index contributed by atoms with van der Waals surface area (Å²) in [6.45, 7) is 0.325. The number of anilines is 1. The van der Waals surface area contributed by atoms with E-state index in [1.54, 1.807) is 0 Å². The summed E-state index contributed by atoms with van der Waals surface area (Å²) >= 11 is 0. The van der Waals surface area contributed by atoms with Crippen LogP contribution in [0.1, 0.15) is 40.0 Å². The summed E-state index contributed by atoms with van der Waals surface area (Å²) in [7, 11) is 0. The van der Waals surface area contributed by atoms with Crippen molar-refractivity contribution in [2.45, 2.75) is 32.0 Å². The Morgan fingerprint density at radius 3 is 2.48 bits per heavy atom. The highest BCUT2D eigenvalue weighted by molar-refractivity contribution is 6.09. The predicted octanol–water partition coefficient (Wildman–Crippen LogP) is 5.38. The van der Waals surface area contributed by atoms with Crippen molar-refractivity contribution in [3.63, 3.8) is 0 Å². The van der Waals surface area contributed by atoms with Gasteiger partial charge in [-0.15, -0.1) is 0 Å². The molecule has 0 spiro atoms. The Morgan fingerprint density at radius 2 is 1.74 bits per heavy atom. The number of Topliss-reactive ketones (excluding diaryl/α,β-unsaturated/α-hetero) is 1. The van der Waals surface area contributed by atoms with E-state index in [1.165, 1.54) is 12.1 Å². The second kappa shape index (κ2) is 6.68. The quantitative estimate of drug-likeness (QED) is 0.673. The van der Waals surface area contributed by atoms with E-state index in [0.29, 0.717) is 24.1 Å². The third kappa shape index (κ3) is 3.39. The van der Waals surface area contributed by atoms with Crippen LogP contribution in [-0.4, -0.2) is 10.8 Å². The number of ketones is 1. The van der Waals surface area contributed by atoms with Crippen molar-refractivity contribution in [3.8, 4) is 0 Å². The molecule has 1 aromatic heterocycles. The van der Waals surface area contributed by atoms with Crippen LogP contribution in [0.2, 0.25) is 0 Å². The first-order valence-electron chi connectivity index (χ1n) is 8.78. The fourth-order valence-electron chi connectivity index (χ4n) is 3.47. The van der Waals surface area contributed by atoms with Gasteiger partial charge in [-0.3, -0.25) is 9.78 Å². The molecule has 138 valence electrons. The van der Waals surface area contributed by atoms with Gasteiger partial charge in [0.15, 0.2) is 5.78 Å². The molecule has 0 bridgehead atoms. The van der Waals surface area contributed by atoms with E-state index in [4.69, 9.17) is 0 Å². The highest BCUT2D eigenvalue weighted by Gasteiger charge is 2.30. The fraction of sp³-hybridized carbons (Fsp3) is 0.238. The van der Waals surface area contributed by atoms with Crippen LogP contribution in [0.15, 0.2) is 48.5 Å². The number of benzene rings is 2. The number of carbonyl (C=O) groups is 1. The van der Waals surface area contributed by atoms with E-state index in [9.17, 15) is 18.0 Å². The number of carbonyl (C=O) groups excluding carboxylic acids is 1. The van der Waals surface area contributed by atoms with Gasteiger partial charge in [-0.1, -0.05) is 30.3 Å². The Labute approximate surface area is 154 Å². The zero-order chi connectivity index (χ0) is 19.0. The molecule has 3 nitrogen and oxygen atoms in total. The molecule has 1 heterocycles. The summed E-state index contributed by atoms with van der Waals surface area (Å²) in [4.78, 5) is 17.1. The lowest BCUT2D eigenvalue weighted by Gasteiger charge is -2.21. The normalized spacial score (nSPS) is 14.3. The molecule has 0 radical (unpaired) electrons. The summed E-state index contributed by atoms with van der Waals surface area (Å²) in [5, 5.41) is 4.12. The highest BCUT2D eigenvalue weighted by Crippen LogP contribution is 2.34. The number of fused-ring (bicyclic) bond motifs is 2. The molecule has 0 saturated carbocycles. The number of halogens is 3. The summed E-state index contributed by atoms with van der Waals surface area (Å²) in [5.74, 6) is 0.0597. The van der Waals surface area contributed by atoms with Gasteiger partial charge in [-0.05, 0) is 36.6 Å². The average Bonchev–Trinajstić information content (AvgIpc) is 2.65. The van der Waals surface area contributed by atoms with Crippen LogP contribution in [0.3, 0.4) is 0 Å². The minimum Gasteiger partial charge on any atom is -0.380 e. The molecule has 6 heteroatoms. The second-order valence-electron chi connectivity index (χ2n) is 6.65. The van der Waals surface area contributed by atoms with Gasteiger partial charge >= 0.3 is 6.18 Å². The first kappa shape index (κ1) is 17.5. The number of alkyl halides is 3. The predicted molar refractivity (Wildman–Crippen MR) is 97.8 cm³/mol. The average molecular weight is 370 g/mol. The Morgan fingerprint density at radius 1 is 1.00 bits per heavy atom. The maximum atomic E-state index is 12.7. The first-order chi connectivity index (χ1) is 12.9. The van der Waals surface area contributed by atoms with Crippen LogP contribution >= 0.6 is 0 Å². The molecule has 0 amide bonds. The van der Waals surface area contributed by atoms with Gasteiger partial charge in [-0.25, -0.2) is 0 Å². The van der Waals surface area contributed by atoms with Crippen LogP contribution in [0.4, 0.5) is 18.9 Å². The molecule has 1 N–H and O–H groups in total. The third-order valence-corrected chi connectivity index (χ3v) is 4.81. The molecule has 3 aromatic rings. The molecular weight excluding hydrogens is 353 g/mol. The number of para-hydroxylation sites is 1. The minimum atomic E-state index is -4.35. The van der Waals surface area contributed by atoms with Gasteiger partial charge in [0.25, 0.3) is 0 Å². The molecule has 0 atom stereocenters.